The van der Waals surface area contributed by atoms with Crippen LogP contribution in [0.25, 0.3) is 11.1 Å². The monoisotopic (exact) mass is 840 g/mol. The molecule has 318 valence electrons. The van der Waals surface area contributed by atoms with Gasteiger partial charge in [0.1, 0.15) is 24.9 Å². The summed E-state index contributed by atoms with van der Waals surface area (Å²) in [4.78, 5) is 66.7. The van der Waals surface area contributed by atoms with Gasteiger partial charge in [-0.2, -0.15) is 0 Å². The van der Waals surface area contributed by atoms with Crippen molar-refractivity contribution in [1.29, 1.82) is 0 Å². The second kappa shape index (κ2) is 19.3. The Bertz CT molecular complexity index is 2330. The lowest BCUT2D eigenvalue weighted by atomic mass is 9.95. The molecule has 0 aromatic heterocycles. The van der Waals surface area contributed by atoms with Crippen molar-refractivity contribution in [2.24, 2.45) is 0 Å². The van der Waals surface area contributed by atoms with Gasteiger partial charge < -0.3 is 43.8 Å². The van der Waals surface area contributed by atoms with Gasteiger partial charge in [0.05, 0.1) is 18.8 Å². The molecule has 7 atom stereocenters. The van der Waals surface area contributed by atoms with Crippen molar-refractivity contribution in [3.05, 3.63) is 167 Å². The van der Waals surface area contributed by atoms with Crippen LogP contribution < -0.4 is 10.6 Å². The molecule has 2 amide bonds. The van der Waals surface area contributed by atoms with Crippen LogP contribution in [0.4, 0.5) is 4.79 Å². The molecule has 2 saturated heterocycles. The average Bonchev–Trinajstić information content (AvgIpc) is 3.63. The lowest BCUT2D eigenvalue weighted by Gasteiger charge is -2.48. The van der Waals surface area contributed by atoms with Crippen LogP contribution in [0, 0.1) is 0 Å². The van der Waals surface area contributed by atoms with Gasteiger partial charge in [-0.3, -0.25) is 9.59 Å². The van der Waals surface area contributed by atoms with Gasteiger partial charge in [0.2, 0.25) is 5.91 Å². The summed E-state index contributed by atoms with van der Waals surface area (Å²) in [5.41, 5.74) is 5.34. The van der Waals surface area contributed by atoms with Crippen LogP contribution in [0.3, 0.4) is 0 Å². The van der Waals surface area contributed by atoms with Crippen LogP contribution >= 0.6 is 0 Å². The minimum atomic E-state index is -1.54. The van der Waals surface area contributed by atoms with Crippen molar-refractivity contribution in [2.45, 2.75) is 55.8 Å². The third kappa shape index (κ3) is 9.59. The predicted molar refractivity (Wildman–Crippen MR) is 222 cm³/mol. The number of amides is 2. The number of nitrogens with one attached hydrogen (secondary N) is 2. The molecule has 0 saturated carbocycles. The summed E-state index contributed by atoms with van der Waals surface area (Å²) in [6, 6.07) is 38.7. The molecule has 0 radical (unpaired) electrons. The van der Waals surface area contributed by atoms with Crippen molar-refractivity contribution in [3.8, 4) is 11.1 Å². The van der Waals surface area contributed by atoms with Crippen LogP contribution in [0.5, 0.6) is 0 Å². The minimum Gasteiger partial charge on any atom is -0.456 e. The molecule has 5 aromatic carbocycles. The van der Waals surface area contributed by atoms with Crippen LogP contribution in [-0.2, 0) is 42.7 Å². The fourth-order valence-corrected chi connectivity index (χ4v) is 7.87. The lowest BCUT2D eigenvalue weighted by Crippen LogP contribution is -2.68. The summed E-state index contributed by atoms with van der Waals surface area (Å²) in [6.07, 6.45) is -6.24. The molecular formula is C48H44N2O12. The first-order chi connectivity index (χ1) is 30.2. The zero-order chi connectivity index (χ0) is 43.0. The fraction of sp³-hybridized carbons (Fsp3) is 0.271. The summed E-state index contributed by atoms with van der Waals surface area (Å²) < 4.78 is 42.3. The standard InChI is InChI=1S/C48H44N2O12/c1-29(51)49-41-43(61-44(53)31-17-7-3-8-18-31)42-40(28-58-46(62-42)32-19-9-4-10-20-32)60-47(41)57-26-38(45(54)56-27-39(52)30-15-5-2-6-16-30)50-48(55)59-25-37-35-23-13-11-21-33(35)34-22-12-14-24-36(34)37/h2-24,37-38,40-43,46-47H,25-28H2,1H3,(H,49,51)(H,50,55)/t38-,40?,41?,42-,43?,46?,47-/m0/s1. The number of fused-ring (bicyclic) bond motifs is 4. The molecule has 2 fully saturated rings. The average molecular weight is 841 g/mol. The smallest absolute Gasteiger partial charge is 0.407 e. The zero-order valence-electron chi connectivity index (χ0n) is 33.6. The quantitative estimate of drug-likeness (QED) is 0.0771. The number of ether oxygens (including phenoxy) is 7. The highest BCUT2D eigenvalue weighted by atomic mass is 16.8. The van der Waals surface area contributed by atoms with E-state index in [-0.39, 0.29) is 24.7 Å². The van der Waals surface area contributed by atoms with Gasteiger partial charge in [0.15, 0.2) is 37.1 Å². The summed E-state index contributed by atoms with van der Waals surface area (Å²) in [5.74, 6) is -2.95. The Morgan fingerprint density at radius 1 is 0.710 bits per heavy atom. The SMILES string of the molecule is CC(=O)NC1C(OC(=O)c2ccccc2)[C@H]2OC(c3ccccc3)OCC2O[C@@H]1OC[C@H](NC(=O)OCC1c2ccccc2-c2ccccc21)C(=O)OCC(=O)c1ccccc1. The molecule has 14 nitrogen and oxygen atoms in total. The first kappa shape index (κ1) is 42.0. The largest absolute Gasteiger partial charge is 0.456 e. The van der Waals surface area contributed by atoms with E-state index in [4.69, 9.17) is 33.2 Å². The van der Waals surface area contributed by atoms with Crippen molar-refractivity contribution >= 4 is 29.7 Å². The van der Waals surface area contributed by atoms with E-state index in [9.17, 15) is 24.0 Å². The number of hydrogen-bond donors (Lipinski definition) is 2. The van der Waals surface area contributed by atoms with Crippen LogP contribution in [0.15, 0.2) is 140 Å². The van der Waals surface area contributed by atoms with Gasteiger partial charge in [-0.1, -0.05) is 127 Å². The molecule has 4 unspecified atom stereocenters. The predicted octanol–water partition coefficient (Wildman–Crippen LogP) is 5.91. The number of rotatable bonds is 14. The molecule has 0 bridgehead atoms. The molecule has 2 aliphatic heterocycles. The van der Waals surface area contributed by atoms with E-state index in [1.807, 2.05) is 78.9 Å². The highest BCUT2D eigenvalue weighted by molar-refractivity contribution is 5.98. The number of alkyl carbamates (subject to hydrolysis) is 1. The third-order valence-corrected chi connectivity index (χ3v) is 10.8. The Hall–Kier alpha value is -6.71. The van der Waals surface area contributed by atoms with E-state index >= 15 is 0 Å². The van der Waals surface area contributed by atoms with Crippen molar-refractivity contribution in [1.82, 2.24) is 10.6 Å². The maximum atomic E-state index is 13.8. The Labute approximate surface area is 357 Å². The number of hydrogen-bond acceptors (Lipinski definition) is 12. The van der Waals surface area contributed by atoms with Gasteiger partial charge >= 0.3 is 18.0 Å². The van der Waals surface area contributed by atoms with E-state index in [0.29, 0.717) is 11.1 Å². The van der Waals surface area contributed by atoms with E-state index in [0.717, 1.165) is 22.3 Å². The van der Waals surface area contributed by atoms with Gasteiger partial charge in [0.25, 0.3) is 0 Å². The summed E-state index contributed by atoms with van der Waals surface area (Å²) in [7, 11) is 0. The van der Waals surface area contributed by atoms with Crippen LogP contribution in [-0.4, -0.2) is 92.8 Å². The zero-order valence-corrected chi connectivity index (χ0v) is 33.6. The van der Waals surface area contributed by atoms with Crippen molar-refractivity contribution < 1.29 is 57.1 Å². The van der Waals surface area contributed by atoms with Gasteiger partial charge in [-0.15, -0.1) is 0 Å². The van der Waals surface area contributed by atoms with E-state index in [1.165, 1.54) is 6.92 Å². The van der Waals surface area contributed by atoms with Gasteiger partial charge in [-0.05, 0) is 34.4 Å². The minimum absolute atomic E-state index is 0.0265. The summed E-state index contributed by atoms with van der Waals surface area (Å²) >= 11 is 0. The molecule has 14 heteroatoms. The first-order valence-electron chi connectivity index (χ1n) is 20.2. The number of Topliss-reactive ketones (excluding diaryl/α,β-unsaturated/α-hetero) is 1. The Morgan fingerprint density at radius 2 is 1.31 bits per heavy atom. The Kier molecular flexibility index (Phi) is 13.1. The molecule has 2 heterocycles. The van der Waals surface area contributed by atoms with E-state index in [1.54, 1.807) is 60.7 Å². The number of ketones is 1. The van der Waals surface area contributed by atoms with Gasteiger partial charge in [0, 0.05) is 24.0 Å². The highest BCUT2D eigenvalue weighted by Gasteiger charge is 2.53. The normalized spacial score (nSPS) is 21.8. The second-order valence-corrected chi connectivity index (χ2v) is 14.9. The van der Waals surface area contributed by atoms with Gasteiger partial charge in [-0.25, -0.2) is 14.4 Å². The molecule has 0 spiro atoms. The first-order valence-corrected chi connectivity index (χ1v) is 20.2. The fourth-order valence-electron chi connectivity index (χ4n) is 7.87. The molecule has 3 aliphatic rings. The van der Waals surface area contributed by atoms with Crippen molar-refractivity contribution in [3.63, 3.8) is 0 Å². The van der Waals surface area contributed by atoms with Crippen LogP contribution in [0.1, 0.15) is 56.5 Å². The lowest BCUT2D eigenvalue weighted by molar-refractivity contribution is -0.343. The van der Waals surface area contributed by atoms with E-state index in [2.05, 4.69) is 10.6 Å². The maximum absolute atomic E-state index is 13.8. The molecule has 5 aromatic rings. The Balaban J connectivity index is 1.02. The van der Waals surface area contributed by atoms with E-state index < -0.39 is 85.9 Å². The number of carbonyl (C=O) groups is 5. The molecule has 62 heavy (non-hydrogen) atoms. The van der Waals surface area contributed by atoms with Crippen molar-refractivity contribution in [2.75, 3.05) is 26.4 Å². The number of esters is 2. The van der Waals surface area contributed by atoms with Crippen LogP contribution in [0.2, 0.25) is 0 Å². The second-order valence-electron chi connectivity index (χ2n) is 14.9. The molecular weight excluding hydrogens is 797 g/mol. The Morgan fingerprint density at radius 3 is 1.95 bits per heavy atom. The summed E-state index contributed by atoms with van der Waals surface area (Å²) in [5, 5.41) is 5.33. The number of carbonyl (C=O) groups excluding carboxylic acids is 5. The third-order valence-electron chi connectivity index (χ3n) is 10.8. The molecule has 8 rings (SSSR count). The summed E-state index contributed by atoms with van der Waals surface area (Å²) in [6.45, 7) is -0.0132. The maximum Gasteiger partial charge on any atom is 0.407 e. The molecule has 2 N–H and O–H groups in total. The topological polar surface area (TPSA) is 174 Å². The molecule has 1 aliphatic carbocycles. The number of benzene rings is 5. The highest BCUT2D eigenvalue weighted by Crippen LogP contribution is 2.44.